The summed E-state index contributed by atoms with van der Waals surface area (Å²) in [6.07, 6.45) is 3.48. The zero-order valence-electron chi connectivity index (χ0n) is 14.5. The van der Waals surface area contributed by atoms with Crippen LogP contribution in [0.3, 0.4) is 0 Å². The summed E-state index contributed by atoms with van der Waals surface area (Å²) in [6, 6.07) is 3.95. The third-order valence-electron chi connectivity index (χ3n) is 4.22. The number of H-pyrrole nitrogens is 1. The number of nitrogens with zero attached hydrogens (tertiary/aromatic N) is 2. The number of aryl methyl sites for hydroxylation is 1. The van der Waals surface area contributed by atoms with Crippen molar-refractivity contribution >= 4 is 10.9 Å². The lowest BCUT2D eigenvalue weighted by molar-refractivity contribution is 0.382. The number of fused-ring (bicyclic) bond motifs is 1. The molecule has 0 amide bonds. The Morgan fingerprint density at radius 1 is 1.17 bits per heavy atom. The summed E-state index contributed by atoms with van der Waals surface area (Å²) in [5.74, 6) is 1.80. The van der Waals surface area contributed by atoms with E-state index in [4.69, 9.17) is 9.47 Å². The minimum Gasteiger partial charge on any atom is -0.496 e. The van der Waals surface area contributed by atoms with Crippen LogP contribution in [-0.2, 0) is 7.05 Å². The number of rotatable bonds is 4. The van der Waals surface area contributed by atoms with Crippen LogP contribution in [0.1, 0.15) is 25.3 Å². The highest BCUT2D eigenvalue weighted by atomic mass is 16.5. The van der Waals surface area contributed by atoms with Crippen molar-refractivity contribution < 1.29 is 9.47 Å². The van der Waals surface area contributed by atoms with E-state index in [1.807, 2.05) is 18.3 Å². The van der Waals surface area contributed by atoms with E-state index < -0.39 is 0 Å². The Bertz CT molecular complexity index is 929. The first kappa shape index (κ1) is 16.1. The fourth-order valence-electron chi connectivity index (χ4n) is 3.04. The van der Waals surface area contributed by atoms with Crippen molar-refractivity contribution in [1.29, 1.82) is 0 Å². The predicted octanol–water partition coefficient (Wildman–Crippen LogP) is 3.07. The second kappa shape index (κ2) is 6.03. The average molecular weight is 327 g/mol. The molecule has 3 aromatic rings. The van der Waals surface area contributed by atoms with Gasteiger partial charge in [0, 0.05) is 29.8 Å². The van der Waals surface area contributed by atoms with Gasteiger partial charge >= 0.3 is 0 Å². The van der Waals surface area contributed by atoms with Crippen LogP contribution in [-0.4, -0.2) is 29.0 Å². The van der Waals surface area contributed by atoms with Gasteiger partial charge in [-0.15, -0.1) is 0 Å². The maximum Gasteiger partial charge on any atom is 0.276 e. The standard InChI is InChI=1S/C18H21N3O3/c1-10(2)16-14(23-4)6-11(7-15(16)24-5)13-9-21(3)18(22)17-12(13)8-19-20-17/h6-10H,1-5H3,(H,19,20). The molecule has 6 nitrogen and oxygen atoms in total. The summed E-state index contributed by atoms with van der Waals surface area (Å²) in [6.45, 7) is 4.20. The molecule has 0 fully saturated rings. The second-order valence-corrected chi connectivity index (χ2v) is 6.07. The minimum absolute atomic E-state index is 0.107. The van der Waals surface area contributed by atoms with Crippen LogP contribution in [0.5, 0.6) is 11.5 Å². The van der Waals surface area contributed by atoms with Gasteiger partial charge in [-0.2, -0.15) is 5.10 Å². The number of pyridine rings is 1. The van der Waals surface area contributed by atoms with E-state index >= 15 is 0 Å². The average Bonchev–Trinajstić information content (AvgIpc) is 3.06. The molecule has 2 heterocycles. The van der Waals surface area contributed by atoms with Crippen molar-refractivity contribution in [3.8, 4) is 22.6 Å². The van der Waals surface area contributed by atoms with Gasteiger partial charge in [0.2, 0.25) is 0 Å². The molecule has 3 rings (SSSR count). The number of nitrogens with one attached hydrogen (secondary N) is 1. The van der Waals surface area contributed by atoms with Gasteiger partial charge in [0.05, 0.1) is 20.4 Å². The SMILES string of the molecule is COc1cc(-c2cn(C)c(=O)c3[nH]ncc23)cc(OC)c1C(C)C. The normalized spacial score (nSPS) is 11.2. The molecule has 0 unspecified atom stereocenters. The largest absolute Gasteiger partial charge is 0.496 e. The Morgan fingerprint density at radius 3 is 2.33 bits per heavy atom. The molecule has 0 saturated carbocycles. The van der Waals surface area contributed by atoms with Crippen LogP contribution in [0.2, 0.25) is 0 Å². The van der Waals surface area contributed by atoms with E-state index in [-0.39, 0.29) is 11.5 Å². The molecule has 2 aromatic heterocycles. The first-order valence-corrected chi connectivity index (χ1v) is 7.77. The molecule has 0 radical (unpaired) electrons. The van der Waals surface area contributed by atoms with E-state index in [1.165, 1.54) is 0 Å². The number of benzene rings is 1. The highest BCUT2D eigenvalue weighted by Crippen LogP contribution is 2.40. The molecular weight excluding hydrogens is 306 g/mol. The number of aromatic amines is 1. The van der Waals surface area contributed by atoms with Crippen molar-refractivity contribution in [2.45, 2.75) is 19.8 Å². The number of hydrogen-bond acceptors (Lipinski definition) is 4. The monoisotopic (exact) mass is 327 g/mol. The van der Waals surface area contributed by atoms with E-state index in [0.29, 0.717) is 5.52 Å². The number of methoxy groups -OCH3 is 2. The van der Waals surface area contributed by atoms with Crippen molar-refractivity contribution in [1.82, 2.24) is 14.8 Å². The summed E-state index contributed by atoms with van der Waals surface area (Å²) in [7, 11) is 5.03. The molecule has 0 atom stereocenters. The van der Waals surface area contributed by atoms with Gasteiger partial charge in [0.1, 0.15) is 17.0 Å². The summed E-state index contributed by atoms with van der Waals surface area (Å²) in [5.41, 5.74) is 3.21. The topological polar surface area (TPSA) is 69.1 Å². The van der Waals surface area contributed by atoms with Gasteiger partial charge < -0.3 is 14.0 Å². The molecule has 126 valence electrons. The molecule has 0 aliphatic heterocycles. The summed E-state index contributed by atoms with van der Waals surface area (Å²) in [4.78, 5) is 12.2. The maximum absolute atomic E-state index is 12.2. The molecule has 0 aliphatic carbocycles. The van der Waals surface area contributed by atoms with Gasteiger partial charge in [-0.05, 0) is 23.6 Å². The first-order chi connectivity index (χ1) is 11.5. The number of ether oxygens (including phenoxy) is 2. The zero-order valence-corrected chi connectivity index (χ0v) is 14.5. The third kappa shape index (κ3) is 2.44. The van der Waals surface area contributed by atoms with E-state index in [1.54, 1.807) is 32.0 Å². The van der Waals surface area contributed by atoms with Crippen LogP contribution < -0.4 is 15.0 Å². The molecule has 24 heavy (non-hydrogen) atoms. The van der Waals surface area contributed by atoms with Gasteiger partial charge in [0.15, 0.2) is 0 Å². The van der Waals surface area contributed by atoms with Gasteiger partial charge in [-0.25, -0.2) is 0 Å². The lowest BCUT2D eigenvalue weighted by atomic mass is 9.95. The van der Waals surface area contributed by atoms with Crippen molar-refractivity contribution in [2.75, 3.05) is 14.2 Å². The molecule has 6 heteroatoms. The highest BCUT2D eigenvalue weighted by Gasteiger charge is 2.18. The van der Waals surface area contributed by atoms with Gasteiger partial charge in [-0.1, -0.05) is 13.8 Å². The van der Waals surface area contributed by atoms with E-state index in [9.17, 15) is 4.79 Å². The van der Waals surface area contributed by atoms with Gasteiger partial charge in [-0.3, -0.25) is 9.89 Å². The first-order valence-electron chi connectivity index (χ1n) is 7.77. The van der Waals surface area contributed by atoms with Crippen LogP contribution in [0, 0.1) is 0 Å². The summed E-state index contributed by atoms with van der Waals surface area (Å²) >= 11 is 0. The predicted molar refractivity (Wildman–Crippen MR) is 94.0 cm³/mol. The minimum atomic E-state index is -0.107. The zero-order chi connectivity index (χ0) is 17.4. The van der Waals surface area contributed by atoms with Crippen LogP contribution in [0.4, 0.5) is 0 Å². The Hall–Kier alpha value is -2.76. The smallest absolute Gasteiger partial charge is 0.276 e. The molecule has 0 bridgehead atoms. The van der Waals surface area contributed by atoms with Crippen LogP contribution in [0.25, 0.3) is 22.0 Å². The maximum atomic E-state index is 12.2. The van der Waals surface area contributed by atoms with Crippen LogP contribution >= 0.6 is 0 Å². The number of hydrogen-bond donors (Lipinski definition) is 1. The Labute approximate surface area is 140 Å². The highest BCUT2D eigenvalue weighted by molar-refractivity contribution is 5.94. The van der Waals surface area contributed by atoms with Crippen molar-refractivity contribution in [2.24, 2.45) is 7.05 Å². The Kier molecular flexibility index (Phi) is 4.05. The van der Waals surface area contributed by atoms with Crippen LogP contribution in [0.15, 0.2) is 29.3 Å². The Morgan fingerprint density at radius 2 is 1.79 bits per heavy atom. The second-order valence-electron chi connectivity index (χ2n) is 6.07. The lowest BCUT2D eigenvalue weighted by Gasteiger charge is -2.18. The molecule has 0 saturated heterocycles. The fraction of sp³-hybridized carbons (Fsp3) is 0.333. The third-order valence-corrected chi connectivity index (χ3v) is 4.22. The molecule has 1 N–H and O–H groups in total. The quantitative estimate of drug-likeness (QED) is 0.799. The molecule has 0 spiro atoms. The lowest BCUT2D eigenvalue weighted by Crippen LogP contribution is -2.16. The summed E-state index contributed by atoms with van der Waals surface area (Å²) < 4.78 is 12.7. The fourth-order valence-corrected chi connectivity index (χ4v) is 3.04. The van der Waals surface area contributed by atoms with E-state index in [2.05, 4.69) is 24.0 Å². The molecular formula is C18H21N3O3. The van der Waals surface area contributed by atoms with Crippen molar-refractivity contribution in [3.05, 3.63) is 40.4 Å². The van der Waals surface area contributed by atoms with E-state index in [0.717, 1.165) is 33.6 Å². The molecule has 0 aliphatic rings. The number of aromatic nitrogens is 3. The van der Waals surface area contributed by atoms with Gasteiger partial charge in [0.25, 0.3) is 5.56 Å². The Balaban J connectivity index is 2.33. The van der Waals surface area contributed by atoms with Crippen molar-refractivity contribution in [3.63, 3.8) is 0 Å². The summed E-state index contributed by atoms with van der Waals surface area (Å²) in [5, 5.41) is 7.58. The molecule has 1 aromatic carbocycles.